The Hall–Kier alpha value is -1.24. The van der Waals surface area contributed by atoms with E-state index in [1.165, 1.54) is 12.7 Å². The quantitative estimate of drug-likeness (QED) is 0.766. The highest BCUT2D eigenvalue weighted by Gasteiger charge is 2.20. The zero-order valence-electron chi connectivity index (χ0n) is 10.0. The fraction of sp³-hybridized carbons (Fsp3) is 0.545. The molecular weight excluding hydrogens is 256 g/mol. The van der Waals surface area contributed by atoms with Crippen molar-refractivity contribution < 1.29 is 9.84 Å². The Balaban J connectivity index is 0.000000138. The fourth-order valence-electron chi connectivity index (χ4n) is 1.75. The Morgan fingerprint density at radius 2 is 2.33 bits per heavy atom. The molecule has 1 fully saturated rings. The average molecular weight is 271 g/mol. The summed E-state index contributed by atoms with van der Waals surface area (Å²) in [4.78, 5) is 14.3. The largest absolute Gasteiger partial charge is 0.394 e. The van der Waals surface area contributed by atoms with Gasteiger partial charge in [0.25, 0.3) is 0 Å². The molecule has 3 rings (SSSR count). The van der Waals surface area contributed by atoms with Crippen molar-refractivity contribution in [3.63, 3.8) is 0 Å². The number of nitrogens with zero attached hydrogens (tertiary/aromatic N) is 3. The van der Waals surface area contributed by atoms with Crippen LogP contribution in [-0.4, -0.2) is 44.4 Å². The molecule has 0 aromatic carbocycles. The third kappa shape index (κ3) is 3.16. The lowest BCUT2D eigenvalue weighted by Crippen LogP contribution is -2.09. The maximum absolute atomic E-state index is 8.56. The van der Waals surface area contributed by atoms with Crippen LogP contribution in [0.4, 0.5) is 0 Å². The summed E-state index contributed by atoms with van der Waals surface area (Å²) in [6.07, 6.45) is 4.07. The highest BCUT2D eigenvalue weighted by Crippen LogP contribution is 2.17. The summed E-state index contributed by atoms with van der Waals surface area (Å²) < 4.78 is 5.16. The molecule has 0 spiro atoms. The maximum Gasteiger partial charge on any atom is 0.182 e. The summed E-state index contributed by atoms with van der Waals surface area (Å²) in [7, 11) is 0. The van der Waals surface area contributed by atoms with Gasteiger partial charge in [0.05, 0.1) is 19.0 Å². The molecule has 2 aromatic rings. The van der Waals surface area contributed by atoms with Gasteiger partial charge in [-0.05, 0) is 12.3 Å². The average Bonchev–Trinajstić information content (AvgIpc) is 2.99. The number of imidazole rings is 1. The molecule has 18 heavy (non-hydrogen) atoms. The number of H-pyrrole nitrogens is 1. The molecule has 0 radical (unpaired) electrons. The molecule has 0 bridgehead atoms. The Morgan fingerprint density at radius 3 is 2.89 bits per heavy atom. The monoisotopic (exact) mass is 270 g/mol. The van der Waals surface area contributed by atoms with E-state index in [0.717, 1.165) is 13.0 Å². The summed E-state index contributed by atoms with van der Waals surface area (Å²) in [5, 5.41) is 8.96. The number of halogens is 1. The fourth-order valence-corrected chi connectivity index (χ4v) is 1.93. The van der Waals surface area contributed by atoms with Gasteiger partial charge in [0.2, 0.25) is 0 Å². The Labute approximate surface area is 109 Å². The van der Waals surface area contributed by atoms with Gasteiger partial charge in [-0.25, -0.2) is 15.0 Å². The summed E-state index contributed by atoms with van der Waals surface area (Å²) in [5.41, 5.74) is 1.28. The molecule has 2 unspecified atom stereocenters. The first-order valence-corrected chi connectivity index (χ1v) is 6.10. The van der Waals surface area contributed by atoms with Gasteiger partial charge in [0.1, 0.15) is 11.8 Å². The van der Waals surface area contributed by atoms with Crippen LogP contribution < -0.4 is 0 Å². The van der Waals surface area contributed by atoms with Gasteiger partial charge in [-0.1, -0.05) is 18.5 Å². The lowest BCUT2D eigenvalue weighted by molar-refractivity contribution is 0.0576. The van der Waals surface area contributed by atoms with Gasteiger partial charge in [-0.15, -0.1) is 0 Å². The predicted molar refractivity (Wildman–Crippen MR) is 67.3 cm³/mol. The van der Waals surface area contributed by atoms with Gasteiger partial charge >= 0.3 is 0 Å². The summed E-state index contributed by atoms with van der Waals surface area (Å²) in [6.45, 7) is 3.14. The van der Waals surface area contributed by atoms with Crippen LogP contribution in [-0.2, 0) is 4.74 Å². The second-order valence-electron chi connectivity index (χ2n) is 4.24. The van der Waals surface area contributed by atoms with E-state index in [4.69, 9.17) is 21.4 Å². The van der Waals surface area contributed by atoms with Crippen molar-refractivity contribution in [1.82, 2.24) is 19.9 Å². The zero-order valence-corrected chi connectivity index (χ0v) is 10.8. The number of aromatic nitrogens is 4. The molecule has 2 atom stereocenters. The van der Waals surface area contributed by atoms with Crippen molar-refractivity contribution >= 4 is 22.8 Å². The molecule has 0 aliphatic carbocycles. The van der Waals surface area contributed by atoms with Gasteiger partial charge in [0, 0.05) is 6.61 Å². The minimum Gasteiger partial charge on any atom is -0.394 e. The molecule has 2 aromatic heterocycles. The van der Waals surface area contributed by atoms with E-state index in [0.29, 0.717) is 22.2 Å². The van der Waals surface area contributed by atoms with E-state index in [-0.39, 0.29) is 12.7 Å². The van der Waals surface area contributed by atoms with Gasteiger partial charge in [-0.3, -0.25) is 0 Å². The Bertz CT molecular complexity index is 505. The van der Waals surface area contributed by atoms with Crippen molar-refractivity contribution in [3.05, 3.63) is 17.8 Å². The minimum absolute atomic E-state index is 0.130. The maximum atomic E-state index is 8.56. The molecule has 3 heterocycles. The Kier molecular flexibility index (Phi) is 4.46. The molecule has 98 valence electrons. The van der Waals surface area contributed by atoms with Crippen molar-refractivity contribution in [2.45, 2.75) is 19.4 Å². The molecule has 1 aliphatic heterocycles. The van der Waals surface area contributed by atoms with Crippen LogP contribution in [0.15, 0.2) is 12.7 Å². The zero-order chi connectivity index (χ0) is 13.0. The number of rotatable bonds is 1. The van der Waals surface area contributed by atoms with Crippen LogP contribution in [0.5, 0.6) is 0 Å². The number of hydrogen-bond donors (Lipinski definition) is 2. The number of nitrogens with one attached hydrogen (secondary N) is 1. The first-order valence-electron chi connectivity index (χ1n) is 5.72. The van der Waals surface area contributed by atoms with Crippen LogP contribution in [0.1, 0.15) is 13.3 Å². The number of aliphatic hydroxyl groups excluding tert-OH is 1. The molecule has 6 nitrogen and oxygen atoms in total. The molecule has 1 aliphatic rings. The number of ether oxygens (including phenoxy) is 1. The molecule has 0 saturated carbocycles. The summed E-state index contributed by atoms with van der Waals surface area (Å²) >= 11 is 5.68. The second-order valence-corrected chi connectivity index (χ2v) is 4.60. The highest BCUT2D eigenvalue weighted by atomic mass is 35.5. The number of aliphatic hydroxyl groups is 1. The van der Waals surface area contributed by atoms with E-state index in [9.17, 15) is 0 Å². The van der Waals surface area contributed by atoms with Crippen LogP contribution in [0, 0.1) is 5.92 Å². The molecule has 2 N–H and O–H groups in total. The SMILES string of the molecule is CC1COC(CO)C1.Clc1ncnc2nc[nH]c12. The second kappa shape index (κ2) is 6.08. The third-order valence-corrected chi connectivity index (χ3v) is 2.95. The van der Waals surface area contributed by atoms with Crippen molar-refractivity contribution in [3.8, 4) is 0 Å². The minimum atomic E-state index is 0.130. The molecule has 0 amide bonds. The third-order valence-electron chi connectivity index (χ3n) is 2.66. The van der Waals surface area contributed by atoms with Crippen LogP contribution in [0.3, 0.4) is 0 Å². The molecule has 7 heteroatoms. The first-order chi connectivity index (χ1) is 8.70. The van der Waals surface area contributed by atoms with E-state index < -0.39 is 0 Å². The van der Waals surface area contributed by atoms with Crippen molar-refractivity contribution in [2.75, 3.05) is 13.2 Å². The van der Waals surface area contributed by atoms with Gasteiger partial charge < -0.3 is 14.8 Å². The Morgan fingerprint density at radius 1 is 1.50 bits per heavy atom. The number of hydrogen-bond acceptors (Lipinski definition) is 5. The van der Waals surface area contributed by atoms with Crippen LogP contribution in [0.2, 0.25) is 5.15 Å². The smallest absolute Gasteiger partial charge is 0.182 e. The van der Waals surface area contributed by atoms with E-state index in [1.54, 1.807) is 0 Å². The normalized spacial score (nSPS) is 22.8. The molecule has 1 saturated heterocycles. The van der Waals surface area contributed by atoms with Crippen molar-refractivity contribution in [2.24, 2.45) is 5.92 Å². The molecular formula is C11H15ClN4O2. The van der Waals surface area contributed by atoms with Gasteiger partial charge in [0.15, 0.2) is 10.8 Å². The predicted octanol–water partition coefficient (Wildman–Crippen LogP) is 1.41. The first kappa shape index (κ1) is 13.2. The van der Waals surface area contributed by atoms with E-state index >= 15 is 0 Å². The summed E-state index contributed by atoms with van der Waals surface area (Å²) in [6, 6.07) is 0. The van der Waals surface area contributed by atoms with E-state index in [2.05, 4.69) is 26.9 Å². The topological polar surface area (TPSA) is 83.9 Å². The standard InChI is InChI=1S/C6H12O2.C5H3ClN4/c1-5-2-6(3-7)8-4-5;6-4-3-5(9-1-7-3)10-2-8-4/h5-7H,2-4H2,1H3;1-2H,(H,7,8,9,10). The number of aromatic amines is 1. The van der Waals surface area contributed by atoms with Gasteiger partial charge in [-0.2, -0.15) is 0 Å². The lowest BCUT2D eigenvalue weighted by Gasteiger charge is -2.01. The van der Waals surface area contributed by atoms with Crippen LogP contribution >= 0.6 is 11.6 Å². The van der Waals surface area contributed by atoms with Crippen molar-refractivity contribution in [1.29, 1.82) is 0 Å². The lowest BCUT2D eigenvalue weighted by atomic mass is 10.1. The van der Waals surface area contributed by atoms with Crippen LogP contribution in [0.25, 0.3) is 11.2 Å². The summed E-state index contributed by atoms with van der Waals surface area (Å²) in [5.74, 6) is 0.646. The highest BCUT2D eigenvalue weighted by molar-refractivity contribution is 6.33. The van der Waals surface area contributed by atoms with E-state index in [1.807, 2.05) is 0 Å². The number of fused-ring (bicyclic) bond motifs is 1.